The van der Waals surface area contributed by atoms with Crippen molar-refractivity contribution >= 4 is 0 Å². The van der Waals surface area contributed by atoms with Crippen molar-refractivity contribution in [2.75, 3.05) is 26.7 Å². The summed E-state index contributed by atoms with van der Waals surface area (Å²) in [5.41, 5.74) is 0. The Morgan fingerprint density at radius 1 is 1.04 bits per heavy atom. The van der Waals surface area contributed by atoms with Crippen molar-refractivity contribution in [1.29, 1.82) is 0 Å². The molecule has 5 heteroatoms. The van der Waals surface area contributed by atoms with E-state index in [0.29, 0.717) is 18.5 Å². The van der Waals surface area contributed by atoms with Crippen LogP contribution in [-0.4, -0.2) is 66.6 Å². The van der Waals surface area contributed by atoms with Gasteiger partial charge in [-0.25, -0.2) is 8.78 Å². The van der Waals surface area contributed by atoms with Gasteiger partial charge in [0.15, 0.2) is 0 Å². The Labute approximate surface area is 139 Å². The number of halogens is 2. The van der Waals surface area contributed by atoms with E-state index >= 15 is 0 Å². The van der Waals surface area contributed by atoms with Crippen LogP contribution in [0.2, 0.25) is 0 Å². The van der Waals surface area contributed by atoms with Gasteiger partial charge in [-0.15, -0.1) is 0 Å². The number of likely N-dealkylation sites (N-methyl/N-ethyl adjacent to an activating group) is 1. The first-order valence-corrected chi connectivity index (χ1v) is 9.49. The van der Waals surface area contributed by atoms with Crippen molar-refractivity contribution in [2.24, 2.45) is 5.92 Å². The largest absolute Gasteiger partial charge is 0.310 e. The molecule has 0 bridgehead atoms. The Morgan fingerprint density at radius 2 is 1.78 bits per heavy atom. The topological polar surface area (TPSA) is 18.5 Å². The number of hydrogen-bond donors (Lipinski definition) is 1. The molecule has 0 spiro atoms. The lowest BCUT2D eigenvalue weighted by atomic mass is 9.77. The maximum atomic E-state index is 14.3. The average molecular weight is 329 g/mol. The van der Waals surface area contributed by atoms with Crippen molar-refractivity contribution < 1.29 is 8.78 Å². The molecule has 2 aliphatic carbocycles. The first-order valence-electron chi connectivity index (χ1n) is 9.49. The normalized spacial score (nSPS) is 37.0. The molecule has 0 radical (unpaired) electrons. The molecule has 134 valence electrons. The van der Waals surface area contributed by atoms with E-state index in [0.717, 1.165) is 32.0 Å². The second-order valence-corrected chi connectivity index (χ2v) is 8.07. The lowest BCUT2D eigenvalue weighted by Crippen LogP contribution is -2.66. The molecule has 1 unspecified atom stereocenters. The molecule has 1 aliphatic heterocycles. The van der Waals surface area contributed by atoms with Crippen LogP contribution in [0.5, 0.6) is 0 Å². The third kappa shape index (κ3) is 3.42. The monoisotopic (exact) mass is 329 g/mol. The van der Waals surface area contributed by atoms with Gasteiger partial charge in [0.05, 0.1) is 6.04 Å². The highest BCUT2D eigenvalue weighted by molar-refractivity contribution is 5.01. The third-order valence-electron chi connectivity index (χ3n) is 6.48. The van der Waals surface area contributed by atoms with E-state index < -0.39 is 12.0 Å². The minimum atomic E-state index is -2.57. The molecule has 0 amide bonds. The zero-order valence-electron chi connectivity index (χ0n) is 14.9. The lowest BCUT2D eigenvalue weighted by molar-refractivity contribution is -0.107. The lowest BCUT2D eigenvalue weighted by Gasteiger charge is -2.53. The van der Waals surface area contributed by atoms with Crippen LogP contribution < -0.4 is 5.32 Å². The molecule has 0 aromatic heterocycles. The fourth-order valence-corrected chi connectivity index (χ4v) is 4.98. The van der Waals surface area contributed by atoms with Crippen molar-refractivity contribution in [1.82, 2.24) is 15.1 Å². The van der Waals surface area contributed by atoms with E-state index in [4.69, 9.17) is 0 Å². The Balaban J connectivity index is 1.72. The van der Waals surface area contributed by atoms with Gasteiger partial charge in [0.2, 0.25) is 0 Å². The maximum absolute atomic E-state index is 14.3. The standard InChI is InChI=1S/C18H33F2N3/c1-13(2)23-11-10-22(12-16(23)14-6-4-7-14)15-8-5-9-18(19,20)17(15)21-3/h13-17,21H,4-12H2,1-3H3/t15-,16?,17+/m0/s1. The summed E-state index contributed by atoms with van der Waals surface area (Å²) >= 11 is 0. The first-order chi connectivity index (χ1) is 10.9. The molecular weight excluding hydrogens is 296 g/mol. The molecule has 3 fully saturated rings. The number of nitrogens with zero attached hydrogens (tertiary/aromatic N) is 2. The van der Waals surface area contributed by atoms with Crippen LogP contribution in [0.1, 0.15) is 52.4 Å². The SMILES string of the molecule is CN[C@@H]1[C@@H](N2CCN(C(C)C)C(C3CCC3)C2)CCCC1(F)F. The molecule has 3 aliphatic rings. The van der Waals surface area contributed by atoms with Gasteiger partial charge >= 0.3 is 0 Å². The Kier molecular flexibility index (Phi) is 5.29. The smallest absolute Gasteiger partial charge is 0.264 e. The molecule has 1 saturated heterocycles. The number of rotatable bonds is 4. The van der Waals surface area contributed by atoms with Crippen molar-refractivity contribution in [3.05, 3.63) is 0 Å². The number of nitrogens with one attached hydrogen (secondary N) is 1. The van der Waals surface area contributed by atoms with Gasteiger partial charge < -0.3 is 5.32 Å². The molecule has 1 heterocycles. The highest BCUT2D eigenvalue weighted by Crippen LogP contribution is 2.39. The summed E-state index contributed by atoms with van der Waals surface area (Å²) in [5.74, 6) is -1.80. The van der Waals surface area contributed by atoms with Crippen LogP contribution in [0.3, 0.4) is 0 Å². The second-order valence-electron chi connectivity index (χ2n) is 8.07. The van der Waals surface area contributed by atoms with Crippen LogP contribution in [0.4, 0.5) is 8.78 Å². The van der Waals surface area contributed by atoms with Gasteiger partial charge in [-0.05, 0) is 52.5 Å². The van der Waals surface area contributed by atoms with Crippen molar-refractivity contribution in [3.8, 4) is 0 Å². The summed E-state index contributed by atoms with van der Waals surface area (Å²) in [5, 5.41) is 2.94. The molecule has 0 aromatic rings. The summed E-state index contributed by atoms with van der Waals surface area (Å²) < 4.78 is 28.6. The Hall–Kier alpha value is -0.260. The van der Waals surface area contributed by atoms with Crippen LogP contribution in [0.25, 0.3) is 0 Å². The van der Waals surface area contributed by atoms with Crippen molar-refractivity contribution in [3.63, 3.8) is 0 Å². The predicted molar refractivity (Wildman–Crippen MR) is 90.0 cm³/mol. The third-order valence-corrected chi connectivity index (χ3v) is 6.48. The maximum Gasteiger partial charge on any atom is 0.264 e. The number of piperazine rings is 1. The zero-order chi connectivity index (χ0) is 16.6. The van der Waals surface area contributed by atoms with Crippen molar-refractivity contribution in [2.45, 2.75) is 82.5 Å². The predicted octanol–water partition coefficient (Wildman–Crippen LogP) is 2.96. The zero-order valence-corrected chi connectivity index (χ0v) is 14.9. The molecule has 3 atom stereocenters. The molecule has 3 nitrogen and oxygen atoms in total. The van der Waals surface area contributed by atoms with Gasteiger partial charge in [0, 0.05) is 44.2 Å². The van der Waals surface area contributed by atoms with E-state index in [2.05, 4.69) is 29.0 Å². The van der Waals surface area contributed by atoms with E-state index in [9.17, 15) is 8.78 Å². The van der Waals surface area contributed by atoms with E-state index in [-0.39, 0.29) is 12.5 Å². The first kappa shape index (κ1) is 17.6. The summed E-state index contributed by atoms with van der Waals surface area (Å²) in [6.45, 7) is 7.47. The van der Waals surface area contributed by atoms with E-state index in [1.807, 2.05) is 0 Å². The minimum Gasteiger partial charge on any atom is -0.310 e. The van der Waals surface area contributed by atoms with Gasteiger partial charge in [0.25, 0.3) is 5.92 Å². The summed E-state index contributed by atoms with van der Waals surface area (Å²) in [6, 6.07) is 0.408. The van der Waals surface area contributed by atoms with Gasteiger partial charge in [-0.3, -0.25) is 9.80 Å². The second kappa shape index (κ2) is 6.93. The van der Waals surface area contributed by atoms with Gasteiger partial charge in [0.1, 0.15) is 0 Å². The number of alkyl halides is 2. The van der Waals surface area contributed by atoms with E-state index in [1.165, 1.54) is 19.3 Å². The van der Waals surface area contributed by atoms with Crippen LogP contribution >= 0.6 is 0 Å². The molecule has 3 rings (SSSR count). The quantitative estimate of drug-likeness (QED) is 0.855. The van der Waals surface area contributed by atoms with Crippen LogP contribution in [0, 0.1) is 5.92 Å². The number of hydrogen-bond acceptors (Lipinski definition) is 3. The molecule has 0 aromatic carbocycles. The fourth-order valence-electron chi connectivity index (χ4n) is 4.98. The van der Waals surface area contributed by atoms with Crippen LogP contribution in [0.15, 0.2) is 0 Å². The van der Waals surface area contributed by atoms with E-state index in [1.54, 1.807) is 7.05 Å². The molecule has 23 heavy (non-hydrogen) atoms. The summed E-state index contributed by atoms with van der Waals surface area (Å²) in [6.07, 6.45) is 5.56. The fraction of sp³-hybridized carbons (Fsp3) is 1.00. The molecule has 1 N–H and O–H groups in total. The molecular formula is C18H33F2N3. The van der Waals surface area contributed by atoms with Crippen LogP contribution in [-0.2, 0) is 0 Å². The highest BCUT2D eigenvalue weighted by Gasteiger charge is 2.49. The minimum absolute atomic E-state index is 0.0133. The Bertz CT molecular complexity index is 398. The summed E-state index contributed by atoms with van der Waals surface area (Å²) in [4.78, 5) is 5.01. The Morgan fingerprint density at radius 3 is 2.35 bits per heavy atom. The average Bonchev–Trinajstić information content (AvgIpc) is 2.44. The highest BCUT2D eigenvalue weighted by atomic mass is 19.3. The van der Waals surface area contributed by atoms with Gasteiger partial charge in [-0.1, -0.05) is 6.42 Å². The summed E-state index contributed by atoms with van der Waals surface area (Å²) in [7, 11) is 1.70. The van der Waals surface area contributed by atoms with Gasteiger partial charge in [-0.2, -0.15) is 0 Å². The molecule has 2 saturated carbocycles.